The number of benzene rings is 1. The van der Waals surface area contributed by atoms with Crippen LogP contribution in [0.3, 0.4) is 0 Å². The molecule has 1 unspecified atom stereocenters. The van der Waals surface area contributed by atoms with E-state index < -0.39 is 0 Å². The standard InChI is InChI=1S/C22H34N4O2/c1-4-18-7-5-6-8-20(18)24-13-15-25(16-14-24)22(28)19-9-10-21(27)26(17-19)12-11-23(2)3/h5-8,19H,4,9-17H2,1-3H3. The first-order valence-electron chi connectivity index (χ1n) is 10.5. The summed E-state index contributed by atoms with van der Waals surface area (Å²) in [7, 11) is 4.01. The molecule has 1 atom stereocenters. The predicted molar refractivity (Wildman–Crippen MR) is 112 cm³/mol. The maximum absolute atomic E-state index is 13.1. The number of hydrogen-bond acceptors (Lipinski definition) is 4. The third-order valence-corrected chi connectivity index (χ3v) is 5.97. The van der Waals surface area contributed by atoms with Crippen molar-refractivity contribution in [3.8, 4) is 0 Å². The van der Waals surface area contributed by atoms with Crippen molar-refractivity contribution in [2.24, 2.45) is 5.92 Å². The van der Waals surface area contributed by atoms with Gasteiger partial charge in [0, 0.05) is 57.9 Å². The van der Waals surface area contributed by atoms with E-state index in [2.05, 4.69) is 41.0 Å². The maximum Gasteiger partial charge on any atom is 0.227 e. The Labute approximate surface area is 169 Å². The molecule has 0 radical (unpaired) electrons. The molecule has 0 aliphatic carbocycles. The molecule has 28 heavy (non-hydrogen) atoms. The lowest BCUT2D eigenvalue weighted by atomic mass is 9.95. The molecule has 2 aliphatic heterocycles. The molecule has 2 heterocycles. The molecular formula is C22H34N4O2. The van der Waals surface area contributed by atoms with E-state index >= 15 is 0 Å². The van der Waals surface area contributed by atoms with Gasteiger partial charge < -0.3 is 19.6 Å². The average Bonchev–Trinajstić information content (AvgIpc) is 2.72. The van der Waals surface area contributed by atoms with E-state index in [-0.39, 0.29) is 17.7 Å². The predicted octanol–water partition coefficient (Wildman–Crippen LogP) is 1.70. The van der Waals surface area contributed by atoms with Gasteiger partial charge in [-0.25, -0.2) is 0 Å². The third-order valence-electron chi connectivity index (χ3n) is 5.97. The Morgan fingerprint density at radius 3 is 2.54 bits per heavy atom. The zero-order valence-corrected chi connectivity index (χ0v) is 17.6. The van der Waals surface area contributed by atoms with Crippen LogP contribution >= 0.6 is 0 Å². The number of rotatable bonds is 6. The SMILES string of the molecule is CCc1ccccc1N1CCN(C(=O)C2CCC(=O)N(CCN(C)C)C2)CC1. The Morgan fingerprint density at radius 2 is 1.86 bits per heavy atom. The van der Waals surface area contributed by atoms with Gasteiger partial charge in [0.15, 0.2) is 0 Å². The lowest BCUT2D eigenvalue weighted by Crippen LogP contribution is -2.53. The van der Waals surface area contributed by atoms with Crippen LogP contribution in [0.25, 0.3) is 0 Å². The van der Waals surface area contributed by atoms with Gasteiger partial charge in [0.1, 0.15) is 0 Å². The summed E-state index contributed by atoms with van der Waals surface area (Å²) in [4.78, 5) is 33.6. The quantitative estimate of drug-likeness (QED) is 0.747. The summed E-state index contributed by atoms with van der Waals surface area (Å²) >= 11 is 0. The van der Waals surface area contributed by atoms with Gasteiger partial charge in [-0.05, 0) is 38.6 Å². The summed E-state index contributed by atoms with van der Waals surface area (Å²) in [6.45, 7) is 7.57. The average molecular weight is 387 g/mol. The molecule has 1 aromatic rings. The van der Waals surface area contributed by atoms with Crippen LogP contribution in [0.2, 0.25) is 0 Å². The second kappa shape index (κ2) is 9.41. The summed E-state index contributed by atoms with van der Waals surface area (Å²) in [5.41, 5.74) is 2.67. The number of para-hydroxylation sites is 1. The molecule has 2 saturated heterocycles. The van der Waals surface area contributed by atoms with Crippen molar-refractivity contribution in [2.75, 3.05) is 64.8 Å². The van der Waals surface area contributed by atoms with Gasteiger partial charge in [-0.3, -0.25) is 9.59 Å². The number of piperidine rings is 1. The van der Waals surface area contributed by atoms with Crippen molar-refractivity contribution >= 4 is 17.5 Å². The monoisotopic (exact) mass is 386 g/mol. The number of likely N-dealkylation sites (tertiary alicyclic amines) is 1. The van der Waals surface area contributed by atoms with Crippen molar-refractivity contribution < 1.29 is 9.59 Å². The van der Waals surface area contributed by atoms with E-state index in [1.54, 1.807) is 0 Å². The lowest BCUT2D eigenvalue weighted by molar-refractivity contribution is -0.143. The number of carbonyl (C=O) groups is 2. The van der Waals surface area contributed by atoms with Gasteiger partial charge in [0.25, 0.3) is 0 Å². The van der Waals surface area contributed by atoms with Gasteiger partial charge in [0.2, 0.25) is 11.8 Å². The van der Waals surface area contributed by atoms with E-state index in [9.17, 15) is 9.59 Å². The molecule has 0 N–H and O–H groups in total. The van der Waals surface area contributed by atoms with Crippen LogP contribution < -0.4 is 4.90 Å². The van der Waals surface area contributed by atoms with E-state index in [1.807, 2.05) is 23.9 Å². The topological polar surface area (TPSA) is 47.1 Å². The third kappa shape index (κ3) is 4.85. The van der Waals surface area contributed by atoms with Gasteiger partial charge >= 0.3 is 0 Å². The summed E-state index contributed by atoms with van der Waals surface area (Å²) in [5.74, 6) is 0.368. The first-order chi connectivity index (χ1) is 13.5. The number of likely N-dealkylation sites (N-methyl/N-ethyl adjacent to an activating group) is 1. The van der Waals surface area contributed by atoms with Crippen molar-refractivity contribution in [2.45, 2.75) is 26.2 Å². The summed E-state index contributed by atoms with van der Waals surface area (Å²) in [6, 6.07) is 8.56. The van der Waals surface area contributed by atoms with Crippen LogP contribution in [-0.4, -0.2) is 86.4 Å². The Balaban J connectivity index is 1.55. The molecule has 6 heteroatoms. The summed E-state index contributed by atoms with van der Waals surface area (Å²) in [5, 5.41) is 0. The van der Waals surface area contributed by atoms with Crippen molar-refractivity contribution in [1.29, 1.82) is 0 Å². The van der Waals surface area contributed by atoms with Gasteiger partial charge in [-0.2, -0.15) is 0 Å². The molecule has 2 fully saturated rings. The van der Waals surface area contributed by atoms with E-state index in [0.717, 1.165) is 39.1 Å². The van der Waals surface area contributed by atoms with E-state index in [1.165, 1.54) is 11.3 Å². The number of carbonyl (C=O) groups excluding carboxylic acids is 2. The smallest absolute Gasteiger partial charge is 0.227 e. The Hall–Kier alpha value is -2.08. The second-order valence-electron chi connectivity index (χ2n) is 8.17. The molecule has 6 nitrogen and oxygen atoms in total. The number of aryl methyl sites for hydroxylation is 1. The van der Waals surface area contributed by atoms with Crippen LogP contribution in [0.1, 0.15) is 25.3 Å². The minimum atomic E-state index is -0.0469. The molecule has 0 aromatic heterocycles. The van der Waals surface area contributed by atoms with Crippen LogP contribution in [0.15, 0.2) is 24.3 Å². The molecule has 1 aromatic carbocycles. The van der Waals surface area contributed by atoms with E-state index in [4.69, 9.17) is 0 Å². The Bertz CT molecular complexity index is 683. The number of anilines is 1. The highest BCUT2D eigenvalue weighted by atomic mass is 16.2. The lowest BCUT2D eigenvalue weighted by Gasteiger charge is -2.40. The molecule has 0 bridgehead atoms. The zero-order valence-electron chi connectivity index (χ0n) is 17.6. The molecule has 3 rings (SSSR count). The second-order valence-corrected chi connectivity index (χ2v) is 8.17. The normalized spacial score (nSPS) is 20.8. The Kier molecular flexibility index (Phi) is 6.94. The molecule has 0 saturated carbocycles. The van der Waals surface area contributed by atoms with Crippen LogP contribution in [0.5, 0.6) is 0 Å². The molecule has 2 amide bonds. The molecular weight excluding hydrogens is 352 g/mol. The zero-order chi connectivity index (χ0) is 20.1. The highest BCUT2D eigenvalue weighted by Crippen LogP contribution is 2.24. The van der Waals surface area contributed by atoms with Crippen molar-refractivity contribution in [1.82, 2.24) is 14.7 Å². The summed E-state index contributed by atoms with van der Waals surface area (Å²) in [6.07, 6.45) is 2.21. The fraction of sp³-hybridized carbons (Fsp3) is 0.636. The number of piperazine rings is 1. The fourth-order valence-corrected chi connectivity index (χ4v) is 4.20. The highest BCUT2D eigenvalue weighted by molar-refractivity contribution is 5.84. The van der Waals surface area contributed by atoms with Crippen LogP contribution in [-0.2, 0) is 16.0 Å². The molecule has 154 valence electrons. The molecule has 2 aliphatic rings. The largest absolute Gasteiger partial charge is 0.368 e. The number of nitrogens with zero attached hydrogens (tertiary/aromatic N) is 4. The minimum absolute atomic E-state index is 0.0469. The van der Waals surface area contributed by atoms with Gasteiger partial charge in [-0.1, -0.05) is 25.1 Å². The fourth-order valence-electron chi connectivity index (χ4n) is 4.20. The first-order valence-corrected chi connectivity index (χ1v) is 10.5. The summed E-state index contributed by atoms with van der Waals surface area (Å²) < 4.78 is 0. The van der Waals surface area contributed by atoms with Gasteiger partial charge in [-0.15, -0.1) is 0 Å². The van der Waals surface area contributed by atoms with Crippen LogP contribution in [0, 0.1) is 5.92 Å². The number of hydrogen-bond donors (Lipinski definition) is 0. The Morgan fingerprint density at radius 1 is 1.14 bits per heavy atom. The van der Waals surface area contributed by atoms with Gasteiger partial charge in [0.05, 0.1) is 5.92 Å². The maximum atomic E-state index is 13.1. The van der Waals surface area contributed by atoms with Crippen LogP contribution in [0.4, 0.5) is 5.69 Å². The highest BCUT2D eigenvalue weighted by Gasteiger charge is 2.33. The van der Waals surface area contributed by atoms with E-state index in [0.29, 0.717) is 25.9 Å². The van der Waals surface area contributed by atoms with Crippen molar-refractivity contribution in [3.05, 3.63) is 29.8 Å². The first kappa shape index (κ1) is 20.6. The molecule has 0 spiro atoms. The minimum Gasteiger partial charge on any atom is -0.368 e. The van der Waals surface area contributed by atoms with Crippen molar-refractivity contribution in [3.63, 3.8) is 0 Å². The number of amides is 2.